The van der Waals surface area contributed by atoms with Crippen molar-refractivity contribution < 1.29 is 14.4 Å². The van der Waals surface area contributed by atoms with E-state index in [0.29, 0.717) is 55.0 Å². The van der Waals surface area contributed by atoms with Crippen LogP contribution in [0.25, 0.3) is 11.0 Å². The molecule has 2 aliphatic rings. The van der Waals surface area contributed by atoms with Crippen LogP contribution in [0.5, 0.6) is 0 Å². The molecule has 3 aromatic heterocycles. The number of hydrogen-bond acceptors (Lipinski definition) is 8. The number of nitrogen functional groups attached to an aromatic ring is 1. The third kappa shape index (κ3) is 4.55. The lowest BCUT2D eigenvalue weighted by Crippen LogP contribution is -2.40. The number of rotatable bonds is 5. The van der Waals surface area contributed by atoms with Crippen molar-refractivity contribution >= 4 is 40.3 Å². The number of nitrogens with one attached hydrogen (secondary N) is 1. The van der Waals surface area contributed by atoms with Crippen LogP contribution in [-0.2, 0) is 17.9 Å². The van der Waals surface area contributed by atoms with Crippen LogP contribution in [0.3, 0.4) is 0 Å². The number of anilines is 2. The van der Waals surface area contributed by atoms with E-state index in [9.17, 15) is 14.4 Å². The Hall–Kier alpha value is -5.07. The average Bonchev–Trinajstić information content (AvgIpc) is 3.62. The Morgan fingerprint density at radius 2 is 1.88 bits per heavy atom. The molecule has 0 aliphatic carbocycles. The highest BCUT2D eigenvalue weighted by molar-refractivity contribution is 6.13. The highest BCUT2D eigenvalue weighted by Crippen LogP contribution is 2.29. The molecule has 3 amide bonds. The molecule has 1 unspecified atom stereocenters. The Bertz CT molecular complexity index is 1620. The summed E-state index contributed by atoms with van der Waals surface area (Å²) in [5, 5.41) is 7.79. The van der Waals surface area contributed by atoms with E-state index in [1.54, 1.807) is 44.9 Å². The third-order valence-electron chi connectivity index (χ3n) is 7.38. The molecule has 40 heavy (non-hydrogen) atoms. The Morgan fingerprint density at radius 3 is 2.67 bits per heavy atom. The Balaban J connectivity index is 1.21. The van der Waals surface area contributed by atoms with Crippen LogP contribution in [0.1, 0.15) is 45.6 Å². The summed E-state index contributed by atoms with van der Waals surface area (Å²) in [5.74, 6) is 0.257. The van der Waals surface area contributed by atoms with Gasteiger partial charge in [0.1, 0.15) is 18.0 Å². The van der Waals surface area contributed by atoms with Crippen molar-refractivity contribution in [3.05, 3.63) is 72.7 Å². The van der Waals surface area contributed by atoms with Crippen molar-refractivity contribution in [3.8, 4) is 0 Å². The molecule has 13 heteroatoms. The zero-order valence-corrected chi connectivity index (χ0v) is 21.7. The Labute approximate surface area is 229 Å². The molecule has 5 heterocycles. The zero-order chi connectivity index (χ0) is 27.8. The van der Waals surface area contributed by atoms with E-state index in [2.05, 4.69) is 31.9 Å². The smallest absolute Gasteiger partial charge is 0.277 e. The fourth-order valence-electron chi connectivity index (χ4n) is 5.31. The maximum atomic E-state index is 13.4. The predicted molar refractivity (Wildman–Crippen MR) is 146 cm³/mol. The topological polar surface area (TPSA) is 157 Å². The SMILES string of the molecule is C=CC(=O)N1CCCC(n2nc(C(=O)Nc3ccc(C(=O)N4CCn5ccnc5C4)cc3)c3c(N)ncnc32)C1. The molecule has 1 atom stereocenters. The number of piperidine rings is 1. The average molecular weight is 541 g/mol. The van der Waals surface area contributed by atoms with E-state index in [1.807, 2.05) is 10.8 Å². The van der Waals surface area contributed by atoms with Crippen LogP contribution in [0.2, 0.25) is 0 Å². The van der Waals surface area contributed by atoms with Crippen molar-refractivity contribution in [2.45, 2.75) is 32.0 Å². The molecule has 0 spiro atoms. The number of carbonyl (C=O) groups is 3. The van der Waals surface area contributed by atoms with E-state index >= 15 is 0 Å². The van der Waals surface area contributed by atoms with Crippen molar-refractivity contribution in [2.75, 3.05) is 30.7 Å². The first-order valence-electron chi connectivity index (χ1n) is 13.0. The van der Waals surface area contributed by atoms with Gasteiger partial charge in [-0.15, -0.1) is 0 Å². The zero-order valence-electron chi connectivity index (χ0n) is 21.7. The van der Waals surface area contributed by atoms with Crippen LogP contribution in [-0.4, -0.2) is 76.5 Å². The minimum Gasteiger partial charge on any atom is -0.383 e. The molecule has 3 N–H and O–H groups in total. The van der Waals surface area contributed by atoms with Crippen molar-refractivity contribution in [1.82, 2.24) is 39.1 Å². The first kappa shape index (κ1) is 25.2. The number of likely N-dealkylation sites (tertiary alicyclic amines) is 1. The van der Waals surface area contributed by atoms with Crippen molar-refractivity contribution in [3.63, 3.8) is 0 Å². The second-order valence-electron chi connectivity index (χ2n) is 9.83. The minimum absolute atomic E-state index is 0.0873. The van der Waals surface area contributed by atoms with Gasteiger partial charge in [-0.2, -0.15) is 5.10 Å². The molecule has 204 valence electrons. The van der Waals surface area contributed by atoms with E-state index in [-0.39, 0.29) is 29.4 Å². The van der Waals surface area contributed by atoms with E-state index in [1.165, 1.54) is 12.4 Å². The van der Waals surface area contributed by atoms with Gasteiger partial charge >= 0.3 is 0 Å². The number of amides is 3. The van der Waals surface area contributed by atoms with Crippen molar-refractivity contribution in [1.29, 1.82) is 0 Å². The van der Waals surface area contributed by atoms with E-state index in [4.69, 9.17) is 5.73 Å². The maximum absolute atomic E-state index is 13.4. The number of nitrogens with two attached hydrogens (primary N) is 1. The lowest BCUT2D eigenvalue weighted by Gasteiger charge is -2.32. The summed E-state index contributed by atoms with van der Waals surface area (Å²) in [6.45, 7) is 6.37. The lowest BCUT2D eigenvalue weighted by atomic mass is 10.1. The molecule has 0 saturated carbocycles. The number of fused-ring (bicyclic) bond motifs is 2. The lowest BCUT2D eigenvalue weighted by molar-refractivity contribution is -0.127. The minimum atomic E-state index is -0.484. The van der Waals surface area contributed by atoms with Gasteiger partial charge in [-0.05, 0) is 43.2 Å². The van der Waals surface area contributed by atoms with Gasteiger partial charge in [0.05, 0.1) is 18.0 Å². The molecule has 1 aromatic carbocycles. The number of imidazole rings is 1. The molecule has 4 aromatic rings. The molecule has 1 saturated heterocycles. The summed E-state index contributed by atoms with van der Waals surface area (Å²) in [6.07, 6.45) is 7.81. The normalized spacial score (nSPS) is 16.9. The summed E-state index contributed by atoms with van der Waals surface area (Å²) in [6, 6.07) is 6.53. The van der Waals surface area contributed by atoms with Gasteiger partial charge in [0, 0.05) is 49.8 Å². The maximum Gasteiger partial charge on any atom is 0.277 e. The molecule has 6 rings (SSSR count). The molecule has 13 nitrogen and oxygen atoms in total. The monoisotopic (exact) mass is 540 g/mol. The number of benzene rings is 1. The number of nitrogens with zero attached hydrogens (tertiary/aromatic N) is 8. The molecule has 0 bridgehead atoms. The third-order valence-corrected chi connectivity index (χ3v) is 7.38. The molecule has 2 aliphatic heterocycles. The predicted octanol–water partition coefficient (Wildman–Crippen LogP) is 1.86. The van der Waals surface area contributed by atoms with Gasteiger partial charge in [-0.1, -0.05) is 6.58 Å². The summed E-state index contributed by atoms with van der Waals surface area (Å²) in [7, 11) is 0. The van der Waals surface area contributed by atoms with Crippen LogP contribution in [0.4, 0.5) is 11.5 Å². The van der Waals surface area contributed by atoms with Crippen LogP contribution >= 0.6 is 0 Å². The van der Waals surface area contributed by atoms with Gasteiger partial charge in [0.25, 0.3) is 11.8 Å². The molecule has 0 radical (unpaired) electrons. The number of aromatic nitrogens is 6. The summed E-state index contributed by atoms with van der Waals surface area (Å²) in [4.78, 5) is 54.8. The van der Waals surface area contributed by atoms with Crippen LogP contribution in [0, 0.1) is 0 Å². The van der Waals surface area contributed by atoms with Gasteiger partial charge in [0.15, 0.2) is 11.3 Å². The number of hydrogen-bond donors (Lipinski definition) is 2. The Kier molecular flexibility index (Phi) is 6.46. The summed E-state index contributed by atoms with van der Waals surface area (Å²) in [5.41, 5.74) is 7.69. The fraction of sp³-hybridized carbons (Fsp3) is 0.296. The second kappa shape index (κ2) is 10.2. The Morgan fingerprint density at radius 1 is 1.05 bits per heavy atom. The first-order valence-corrected chi connectivity index (χ1v) is 13.0. The standard InChI is InChI=1S/C27H28N10O3/c1-2-21(38)35-10-3-4-19(14-35)37-25-22(24(28)30-16-31-25)23(33-37)26(39)32-18-7-5-17(6-8-18)27(40)36-13-12-34-11-9-29-20(34)15-36/h2,5-9,11,16,19H,1,3-4,10,12-15H2,(H,32,39)(H2,28,30,31). The van der Waals surface area contributed by atoms with Gasteiger partial charge in [-0.25, -0.2) is 19.6 Å². The highest BCUT2D eigenvalue weighted by atomic mass is 16.2. The van der Waals surface area contributed by atoms with Crippen molar-refractivity contribution in [2.24, 2.45) is 0 Å². The molecular weight excluding hydrogens is 512 g/mol. The molecule has 1 fully saturated rings. The number of carbonyl (C=O) groups excluding carboxylic acids is 3. The van der Waals surface area contributed by atoms with E-state index in [0.717, 1.165) is 18.7 Å². The largest absolute Gasteiger partial charge is 0.383 e. The van der Waals surface area contributed by atoms with Crippen LogP contribution in [0.15, 0.2) is 55.6 Å². The van der Waals surface area contributed by atoms with E-state index < -0.39 is 5.91 Å². The fourth-order valence-corrected chi connectivity index (χ4v) is 5.31. The first-order chi connectivity index (χ1) is 19.4. The van der Waals surface area contributed by atoms with Gasteiger partial charge < -0.3 is 25.4 Å². The second-order valence-corrected chi connectivity index (χ2v) is 9.83. The molecular formula is C27H28N10O3. The summed E-state index contributed by atoms with van der Waals surface area (Å²) >= 11 is 0. The van der Waals surface area contributed by atoms with Crippen LogP contribution < -0.4 is 11.1 Å². The quantitative estimate of drug-likeness (QED) is 0.363. The van der Waals surface area contributed by atoms with Gasteiger partial charge in [-0.3, -0.25) is 14.4 Å². The summed E-state index contributed by atoms with van der Waals surface area (Å²) < 4.78 is 3.70. The highest BCUT2D eigenvalue weighted by Gasteiger charge is 2.29. The van der Waals surface area contributed by atoms with Gasteiger partial charge in [0.2, 0.25) is 5.91 Å².